The molecule has 1 rings (SSSR count). The monoisotopic (exact) mass is 181 g/mol. The van der Waals surface area contributed by atoms with Gasteiger partial charge in [0.25, 0.3) is 0 Å². The minimum atomic E-state index is -0.327. The van der Waals surface area contributed by atoms with Crippen molar-refractivity contribution in [3.8, 4) is 6.07 Å². The fourth-order valence-corrected chi connectivity index (χ4v) is 2.08. The number of nitriles is 1. The van der Waals surface area contributed by atoms with Gasteiger partial charge in [-0.05, 0) is 25.8 Å². The number of rotatable bonds is 4. The van der Waals surface area contributed by atoms with Crippen LogP contribution in [0.2, 0.25) is 0 Å². The van der Waals surface area contributed by atoms with Gasteiger partial charge in [-0.2, -0.15) is 5.26 Å². The quantitative estimate of drug-likeness (QED) is 0.703. The zero-order chi connectivity index (χ0) is 9.68. The summed E-state index contributed by atoms with van der Waals surface area (Å²) in [5.74, 6) is 0.843. The van der Waals surface area contributed by atoms with E-state index >= 15 is 0 Å². The molecule has 13 heavy (non-hydrogen) atoms. The highest BCUT2D eigenvalue weighted by atomic mass is 15.1. The summed E-state index contributed by atoms with van der Waals surface area (Å²) in [6.45, 7) is 1.81. The van der Waals surface area contributed by atoms with Crippen LogP contribution >= 0.6 is 0 Å². The first-order valence-corrected chi connectivity index (χ1v) is 5.06. The molecule has 0 aromatic heterocycles. The van der Waals surface area contributed by atoms with Crippen LogP contribution in [0.3, 0.4) is 0 Å². The highest BCUT2D eigenvalue weighted by Gasteiger charge is 2.17. The second kappa shape index (κ2) is 5.21. The van der Waals surface area contributed by atoms with Gasteiger partial charge in [0.1, 0.15) is 6.04 Å². The molecule has 1 aliphatic carbocycles. The summed E-state index contributed by atoms with van der Waals surface area (Å²) in [7, 11) is 2.05. The molecule has 0 bridgehead atoms. The molecule has 0 heterocycles. The zero-order valence-corrected chi connectivity index (χ0v) is 8.37. The minimum Gasteiger partial charge on any atom is -0.315 e. The van der Waals surface area contributed by atoms with Gasteiger partial charge in [0.15, 0.2) is 0 Å². The first-order valence-electron chi connectivity index (χ1n) is 5.06. The summed E-state index contributed by atoms with van der Waals surface area (Å²) in [4.78, 5) is 2.18. The van der Waals surface area contributed by atoms with Gasteiger partial charge >= 0.3 is 0 Å². The van der Waals surface area contributed by atoms with Gasteiger partial charge in [0.2, 0.25) is 0 Å². The molecule has 0 aromatic rings. The molecular weight excluding hydrogens is 162 g/mol. The molecule has 1 atom stereocenters. The van der Waals surface area contributed by atoms with Gasteiger partial charge in [-0.15, -0.1) is 0 Å². The lowest BCUT2D eigenvalue weighted by molar-refractivity contribution is 0.274. The molecule has 0 aromatic carbocycles. The lowest BCUT2D eigenvalue weighted by Gasteiger charge is -2.21. The molecule has 1 saturated carbocycles. The lowest BCUT2D eigenvalue weighted by atomic mass is 10.1. The fraction of sp³-hybridized carbons (Fsp3) is 0.900. The van der Waals surface area contributed by atoms with Gasteiger partial charge in [0, 0.05) is 13.1 Å². The summed E-state index contributed by atoms with van der Waals surface area (Å²) in [6.07, 6.45) is 5.46. The van der Waals surface area contributed by atoms with Gasteiger partial charge in [-0.1, -0.05) is 12.8 Å². The van der Waals surface area contributed by atoms with Gasteiger partial charge < -0.3 is 10.6 Å². The summed E-state index contributed by atoms with van der Waals surface area (Å²) in [5.41, 5.74) is 5.55. The Bertz CT molecular complexity index is 179. The summed E-state index contributed by atoms with van der Waals surface area (Å²) in [5, 5.41) is 8.54. The van der Waals surface area contributed by atoms with E-state index in [1.54, 1.807) is 0 Å². The van der Waals surface area contributed by atoms with E-state index in [4.69, 9.17) is 11.0 Å². The fourth-order valence-electron chi connectivity index (χ4n) is 2.08. The van der Waals surface area contributed by atoms with E-state index in [1.807, 2.05) is 0 Å². The molecule has 1 fully saturated rings. The Kier molecular flexibility index (Phi) is 4.20. The second-order valence-electron chi connectivity index (χ2n) is 4.11. The Hall–Kier alpha value is -0.590. The minimum absolute atomic E-state index is 0.327. The van der Waals surface area contributed by atoms with Crippen molar-refractivity contribution in [1.82, 2.24) is 4.90 Å². The SMILES string of the molecule is CN(CC(N)C#N)CC1CCCC1. The molecule has 3 nitrogen and oxygen atoms in total. The van der Waals surface area contributed by atoms with Crippen LogP contribution < -0.4 is 5.73 Å². The predicted molar refractivity (Wildman–Crippen MR) is 53.0 cm³/mol. The Morgan fingerprint density at radius 3 is 2.69 bits per heavy atom. The van der Waals surface area contributed by atoms with Crippen molar-refractivity contribution in [2.45, 2.75) is 31.7 Å². The molecule has 1 aliphatic rings. The van der Waals surface area contributed by atoms with Crippen molar-refractivity contribution in [2.24, 2.45) is 11.7 Å². The van der Waals surface area contributed by atoms with E-state index in [2.05, 4.69) is 18.0 Å². The van der Waals surface area contributed by atoms with E-state index in [0.717, 1.165) is 12.5 Å². The molecule has 0 aliphatic heterocycles. The highest BCUT2D eigenvalue weighted by molar-refractivity contribution is 4.88. The van der Waals surface area contributed by atoms with Crippen LogP contribution in [-0.2, 0) is 0 Å². The third-order valence-electron chi connectivity index (χ3n) is 2.72. The maximum absolute atomic E-state index is 8.54. The molecule has 0 radical (unpaired) electrons. The molecule has 3 heteroatoms. The second-order valence-corrected chi connectivity index (χ2v) is 4.11. The molecule has 0 amide bonds. The summed E-state index contributed by atoms with van der Waals surface area (Å²) < 4.78 is 0. The molecule has 74 valence electrons. The first kappa shape index (κ1) is 10.5. The van der Waals surface area contributed by atoms with E-state index in [0.29, 0.717) is 6.54 Å². The largest absolute Gasteiger partial charge is 0.315 e. The average Bonchev–Trinajstić information content (AvgIpc) is 2.56. The van der Waals surface area contributed by atoms with Crippen LogP contribution in [0.4, 0.5) is 0 Å². The van der Waals surface area contributed by atoms with Crippen molar-refractivity contribution >= 4 is 0 Å². The van der Waals surface area contributed by atoms with E-state index < -0.39 is 0 Å². The Morgan fingerprint density at radius 1 is 1.54 bits per heavy atom. The van der Waals surface area contributed by atoms with E-state index in [1.165, 1.54) is 25.7 Å². The Morgan fingerprint density at radius 2 is 2.15 bits per heavy atom. The molecule has 0 spiro atoms. The number of hydrogen-bond acceptors (Lipinski definition) is 3. The normalized spacial score (nSPS) is 20.5. The van der Waals surface area contributed by atoms with Crippen LogP contribution in [0.5, 0.6) is 0 Å². The Labute approximate surface area is 80.5 Å². The number of hydrogen-bond donors (Lipinski definition) is 1. The van der Waals surface area contributed by atoms with Crippen LogP contribution in [0, 0.1) is 17.2 Å². The molecule has 0 saturated heterocycles. The van der Waals surface area contributed by atoms with Gasteiger partial charge in [0.05, 0.1) is 6.07 Å². The maximum atomic E-state index is 8.54. The standard InChI is InChI=1S/C10H19N3/c1-13(8-10(12)6-11)7-9-4-2-3-5-9/h9-10H,2-5,7-8,12H2,1H3. The van der Waals surface area contributed by atoms with Crippen molar-refractivity contribution in [2.75, 3.05) is 20.1 Å². The molecule has 2 N–H and O–H groups in total. The van der Waals surface area contributed by atoms with E-state index in [-0.39, 0.29) is 6.04 Å². The smallest absolute Gasteiger partial charge is 0.106 e. The summed E-state index contributed by atoms with van der Waals surface area (Å²) >= 11 is 0. The van der Waals surface area contributed by atoms with Crippen LogP contribution in [-0.4, -0.2) is 31.1 Å². The third-order valence-corrected chi connectivity index (χ3v) is 2.72. The highest BCUT2D eigenvalue weighted by Crippen LogP contribution is 2.24. The number of likely N-dealkylation sites (N-methyl/N-ethyl adjacent to an activating group) is 1. The molecule has 1 unspecified atom stereocenters. The lowest BCUT2D eigenvalue weighted by Crippen LogP contribution is -2.36. The van der Waals surface area contributed by atoms with Crippen LogP contribution in [0.25, 0.3) is 0 Å². The first-order chi connectivity index (χ1) is 6.22. The zero-order valence-electron chi connectivity index (χ0n) is 8.37. The van der Waals surface area contributed by atoms with Crippen molar-refractivity contribution < 1.29 is 0 Å². The third kappa shape index (κ3) is 3.75. The summed E-state index contributed by atoms with van der Waals surface area (Å²) in [6, 6.07) is 1.73. The van der Waals surface area contributed by atoms with Crippen LogP contribution in [0.1, 0.15) is 25.7 Å². The molecular formula is C10H19N3. The van der Waals surface area contributed by atoms with Gasteiger partial charge in [-0.3, -0.25) is 0 Å². The van der Waals surface area contributed by atoms with Gasteiger partial charge in [-0.25, -0.2) is 0 Å². The van der Waals surface area contributed by atoms with Crippen LogP contribution in [0.15, 0.2) is 0 Å². The average molecular weight is 181 g/mol. The number of nitrogens with zero attached hydrogens (tertiary/aromatic N) is 2. The van der Waals surface area contributed by atoms with Crippen molar-refractivity contribution in [3.05, 3.63) is 0 Å². The van der Waals surface area contributed by atoms with Crippen molar-refractivity contribution in [3.63, 3.8) is 0 Å². The predicted octanol–water partition coefficient (Wildman–Crippen LogP) is 0.959. The van der Waals surface area contributed by atoms with Crippen molar-refractivity contribution in [1.29, 1.82) is 5.26 Å². The maximum Gasteiger partial charge on any atom is 0.106 e. The van der Waals surface area contributed by atoms with E-state index in [9.17, 15) is 0 Å². The topological polar surface area (TPSA) is 53.0 Å². The Balaban J connectivity index is 2.16. The number of nitrogens with two attached hydrogens (primary N) is 1.